The van der Waals surface area contributed by atoms with Gasteiger partial charge in [-0.3, -0.25) is 14.9 Å². The summed E-state index contributed by atoms with van der Waals surface area (Å²) >= 11 is 0. The molecule has 12 heteroatoms. The van der Waals surface area contributed by atoms with E-state index >= 15 is 0 Å². The smallest absolute Gasteiger partial charge is 0.282 e. The van der Waals surface area contributed by atoms with Crippen LogP contribution < -0.4 is 19.5 Å². The van der Waals surface area contributed by atoms with Crippen molar-refractivity contribution in [2.45, 2.75) is 0 Å². The van der Waals surface area contributed by atoms with Gasteiger partial charge in [0, 0.05) is 18.2 Å². The highest BCUT2D eigenvalue weighted by Crippen LogP contribution is 2.32. The second-order valence-electron chi connectivity index (χ2n) is 6.91. The zero-order valence-corrected chi connectivity index (χ0v) is 18.3. The van der Waals surface area contributed by atoms with Crippen LogP contribution in [0.1, 0.15) is 10.4 Å². The number of aromatic nitrogens is 4. The largest absolute Gasteiger partial charge is 0.497 e. The van der Waals surface area contributed by atoms with Crippen LogP contribution in [0.3, 0.4) is 0 Å². The zero-order chi connectivity index (χ0) is 24.1. The molecule has 0 unspecified atom stereocenters. The highest BCUT2D eigenvalue weighted by Gasteiger charge is 2.19. The Morgan fingerprint density at radius 2 is 1.91 bits per heavy atom. The Kier molecular flexibility index (Phi) is 6.48. The number of methoxy groups -OCH3 is 2. The van der Waals surface area contributed by atoms with Crippen LogP contribution in [0.25, 0.3) is 17.0 Å². The first kappa shape index (κ1) is 22.5. The average Bonchev–Trinajstić information content (AvgIpc) is 3.29. The Morgan fingerprint density at radius 3 is 2.68 bits per heavy atom. The molecule has 0 saturated heterocycles. The van der Waals surface area contributed by atoms with Gasteiger partial charge in [-0.2, -0.15) is 4.52 Å². The minimum Gasteiger partial charge on any atom is -0.497 e. The van der Waals surface area contributed by atoms with Gasteiger partial charge < -0.3 is 19.5 Å². The fourth-order valence-electron chi connectivity index (χ4n) is 3.24. The van der Waals surface area contributed by atoms with Crippen LogP contribution in [0, 0.1) is 10.1 Å². The molecule has 0 fully saturated rings. The van der Waals surface area contributed by atoms with Gasteiger partial charge in [-0.25, -0.2) is 0 Å². The monoisotopic (exact) mass is 464 g/mol. The first-order chi connectivity index (χ1) is 16.5. The first-order valence-electron chi connectivity index (χ1n) is 10.1. The van der Waals surface area contributed by atoms with E-state index in [1.54, 1.807) is 50.6 Å². The molecular weight excluding hydrogens is 444 g/mol. The fraction of sp³-hybridized carbons (Fsp3) is 0.182. The van der Waals surface area contributed by atoms with Gasteiger partial charge in [-0.05, 0) is 24.3 Å². The molecule has 12 nitrogen and oxygen atoms in total. The van der Waals surface area contributed by atoms with Crippen molar-refractivity contribution < 1.29 is 23.9 Å². The molecule has 0 bridgehead atoms. The molecule has 34 heavy (non-hydrogen) atoms. The maximum Gasteiger partial charge on any atom is 0.282 e. The van der Waals surface area contributed by atoms with Gasteiger partial charge in [0.2, 0.25) is 5.88 Å². The summed E-state index contributed by atoms with van der Waals surface area (Å²) in [6.07, 6.45) is 0. The van der Waals surface area contributed by atoms with Crippen LogP contribution in [-0.4, -0.2) is 58.0 Å². The second kappa shape index (κ2) is 9.81. The van der Waals surface area contributed by atoms with E-state index < -0.39 is 10.8 Å². The standard InChI is InChI=1S/C22H20N6O6/c1-32-14-7-8-16(18(13-14)33-2)21-25-24-19-9-10-20(26-27(19)21)34-12-11-23-22(29)15-5-3-4-6-17(15)28(30)31/h3-10,13H,11-12H2,1-2H3,(H,23,29). The minimum atomic E-state index is -0.598. The van der Waals surface area contributed by atoms with Crippen LogP contribution >= 0.6 is 0 Å². The van der Waals surface area contributed by atoms with Crippen molar-refractivity contribution in [1.82, 2.24) is 25.1 Å². The van der Waals surface area contributed by atoms with Crippen LogP contribution in [-0.2, 0) is 0 Å². The van der Waals surface area contributed by atoms with E-state index in [-0.39, 0.29) is 30.3 Å². The van der Waals surface area contributed by atoms with Gasteiger partial charge in [0.05, 0.1) is 31.3 Å². The third-order valence-corrected chi connectivity index (χ3v) is 4.87. The number of nitrogens with one attached hydrogen (secondary N) is 1. The summed E-state index contributed by atoms with van der Waals surface area (Å²) in [6, 6.07) is 14.4. The Hall–Kier alpha value is -4.74. The van der Waals surface area contributed by atoms with Crippen molar-refractivity contribution in [1.29, 1.82) is 0 Å². The topological polar surface area (TPSA) is 143 Å². The first-order valence-corrected chi connectivity index (χ1v) is 10.1. The second-order valence-corrected chi connectivity index (χ2v) is 6.91. The van der Waals surface area contributed by atoms with E-state index in [0.717, 1.165) is 0 Å². The molecule has 0 saturated carbocycles. The molecular formula is C22H20N6O6. The molecule has 2 aromatic heterocycles. The molecule has 174 valence electrons. The maximum atomic E-state index is 12.3. The quantitative estimate of drug-likeness (QED) is 0.224. The number of hydrogen-bond acceptors (Lipinski definition) is 9. The number of benzene rings is 2. The molecule has 4 aromatic rings. The van der Waals surface area contributed by atoms with Crippen molar-refractivity contribution in [3.05, 3.63) is 70.3 Å². The Labute approximate surface area is 193 Å². The van der Waals surface area contributed by atoms with Crippen molar-refractivity contribution in [2.75, 3.05) is 27.4 Å². The summed E-state index contributed by atoms with van der Waals surface area (Å²) < 4.78 is 17.8. The lowest BCUT2D eigenvalue weighted by Gasteiger charge is -2.10. The molecule has 0 atom stereocenters. The third-order valence-electron chi connectivity index (χ3n) is 4.87. The van der Waals surface area contributed by atoms with Crippen molar-refractivity contribution in [2.24, 2.45) is 0 Å². The number of nitrogens with zero attached hydrogens (tertiary/aromatic N) is 5. The highest BCUT2D eigenvalue weighted by atomic mass is 16.6. The van der Waals surface area contributed by atoms with Crippen LogP contribution in [0.5, 0.6) is 17.4 Å². The van der Waals surface area contributed by atoms with Gasteiger partial charge in [0.1, 0.15) is 23.7 Å². The average molecular weight is 464 g/mol. The SMILES string of the molecule is COc1ccc(-c2nnc3ccc(OCCNC(=O)c4ccccc4[N+](=O)[O-])nn23)c(OC)c1. The van der Waals surface area contributed by atoms with Gasteiger partial charge in [-0.15, -0.1) is 15.3 Å². The lowest BCUT2D eigenvalue weighted by Crippen LogP contribution is -2.28. The third kappa shape index (κ3) is 4.55. The van der Waals surface area contributed by atoms with E-state index in [4.69, 9.17) is 14.2 Å². The van der Waals surface area contributed by atoms with Gasteiger partial charge in [-0.1, -0.05) is 12.1 Å². The van der Waals surface area contributed by atoms with E-state index in [9.17, 15) is 14.9 Å². The van der Waals surface area contributed by atoms with E-state index in [2.05, 4.69) is 20.6 Å². The summed E-state index contributed by atoms with van der Waals surface area (Å²) in [5.41, 5.74) is 0.888. The van der Waals surface area contributed by atoms with E-state index in [1.165, 1.54) is 22.7 Å². The molecule has 0 aliphatic heterocycles. The Balaban J connectivity index is 1.45. The molecule has 0 aliphatic carbocycles. The Bertz CT molecular complexity index is 1350. The number of nitro benzene ring substituents is 1. The normalized spacial score (nSPS) is 10.6. The predicted octanol–water partition coefficient (Wildman–Crippen LogP) is 2.53. The van der Waals surface area contributed by atoms with Crippen molar-refractivity contribution >= 4 is 17.2 Å². The van der Waals surface area contributed by atoms with Crippen LogP contribution in [0.2, 0.25) is 0 Å². The number of hydrogen-bond donors (Lipinski definition) is 1. The predicted molar refractivity (Wildman–Crippen MR) is 120 cm³/mol. The molecule has 2 heterocycles. The number of rotatable bonds is 9. The lowest BCUT2D eigenvalue weighted by molar-refractivity contribution is -0.385. The molecule has 4 rings (SSSR count). The summed E-state index contributed by atoms with van der Waals surface area (Å²) in [4.78, 5) is 22.8. The lowest BCUT2D eigenvalue weighted by atomic mass is 10.1. The molecule has 0 radical (unpaired) electrons. The van der Waals surface area contributed by atoms with E-state index in [1.807, 2.05) is 0 Å². The summed E-state index contributed by atoms with van der Waals surface area (Å²) in [5, 5.41) is 26.5. The number of carbonyl (C=O) groups is 1. The number of para-hydroxylation sites is 1. The molecule has 2 aromatic carbocycles. The molecule has 0 spiro atoms. The number of ether oxygens (including phenoxy) is 3. The molecule has 1 amide bonds. The number of nitro groups is 1. The highest BCUT2D eigenvalue weighted by molar-refractivity contribution is 5.98. The van der Waals surface area contributed by atoms with Gasteiger partial charge in [0.25, 0.3) is 11.6 Å². The number of fused-ring (bicyclic) bond motifs is 1. The molecule has 1 N–H and O–H groups in total. The summed E-state index contributed by atoms with van der Waals surface area (Å²) in [5.74, 6) is 1.34. The number of amides is 1. The Morgan fingerprint density at radius 1 is 1.09 bits per heavy atom. The molecule has 0 aliphatic rings. The van der Waals surface area contributed by atoms with Crippen LogP contribution in [0.4, 0.5) is 5.69 Å². The van der Waals surface area contributed by atoms with E-state index in [0.29, 0.717) is 28.5 Å². The summed E-state index contributed by atoms with van der Waals surface area (Å²) in [7, 11) is 3.11. The van der Waals surface area contributed by atoms with Gasteiger partial charge in [0.15, 0.2) is 11.5 Å². The van der Waals surface area contributed by atoms with Crippen LogP contribution in [0.15, 0.2) is 54.6 Å². The van der Waals surface area contributed by atoms with Gasteiger partial charge >= 0.3 is 0 Å². The van der Waals surface area contributed by atoms with Crippen molar-refractivity contribution in [3.8, 4) is 28.8 Å². The van der Waals surface area contributed by atoms with Crippen molar-refractivity contribution in [3.63, 3.8) is 0 Å². The minimum absolute atomic E-state index is 0.0189. The summed E-state index contributed by atoms with van der Waals surface area (Å²) in [6.45, 7) is 0.208. The zero-order valence-electron chi connectivity index (χ0n) is 18.3. The fourth-order valence-corrected chi connectivity index (χ4v) is 3.24. The maximum absolute atomic E-state index is 12.3. The number of carbonyl (C=O) groups excluding carboxylic acids is 1.